The largest absolute Gasteiger partial charge is 0.352 e. The highest BCUT2D eigenvalue weighted by atomic mass is 32.2. The SMILES string of the molecule is CC(C(=O)NC1CCCCCC1)S(=O)(=O)Cc1ccc(C(C)(C)C)cc1. The number of sulfone groups is 1. The van der Waals surface area contributed by atoms with E-state index in [0.717, 1.165) is 36.8 Å². The van der Waals surface area contributed by atoms with Gasteiger partial charge < -0.3 is 5.32 Å². The molecule has 1 saturated carbocycles. The van der Waals surface area contributed by atoms with Crippen LogP contribution in [0.25, 0.3) is 0 Å². The van der Waals surface area contributed by atoms with Gasteiger partial charge in [0.25, 0.3) is 0 Å². The minimum atomic E-state index is -3.53. The van der Waals surface area contributed by atoms with E-state index in [-0.39, 0.29) is 23.1 Å². The normalized spacial score (nSPS) is 18.2. The van der Waals surface area contributed by atoms with E-state index in [1.807, 2.05) is 24.3 Å². The summed E-state index contributed by atoms with van der Waals surface area (Å²) in [5.41, 5.74) is 1.92. The van der Waals surface area contributed by atoms with Crippen molar-refractivity contribution in [1.29, 1.82) is 0 Å². The average molecular weight is 380 g/mol. The van der Waals surface area contributed by atoms with Gasteiger partial charge in [-0.3, -0.25) is 4.79 Å². The summed E-state index contributed by atoms with van der Waals surface area (Å²) >= 11 is 0. The Morgan fingerprint density at radius 2 is 1.62 bits per heavy atom. The Morgan fingerprint density at radius 1 is 1.08 bits per heavy atom. The lowest BCUT2D eigenvalue weighted by Crippen LogP contribution is -2.43. The van der Waals surface area contributed by atoms with E-state index >= 15 is 0 Å². The molecule has 0 aliphatic heterocycles. The third-order valence-corrected chi connectivity index (χ3v) is 7.32. The second-order valence-corrected chi connectivity index (χ2v) is 10.9. The zero-order chi connectivity index (χ0) is 19.4. The minimum Gasteiger partial charge on any atom is -0.352 e. The first-order chi connectivity index (χ1) is 12.1. The first kappa shape index (κ1) is 20.9. The molecule has 0 bridgehead atoms. The van der Waals surface area contributed by atoms with Gasteiger partial charge >= 0.3 is 0 Å². The van der Waals surface area contributed by atoms with Crippen molar-refractivity contribution in [3.05, 3.63) is 35.4 Å². The summed E-state index contributed by atoms with van der Waals surface area (Å²) in [6, 6.07) is 7.78. The van der Waals surface area contributed by atoms with Gasteiger partial charge in [-0.15, -0.1) is 0 Å². The van der Waals surface area contributed by atoms with Gasteiger partial charge in [-0.1, -0.05) is 70.7 Å². The maximum absolute atomic E-state index is 12.7. The fraction of sp³-hybridized carbons (Fsp3) is 0.667. The van der Waals surface area contributed by atoms with E-state index in [4.69, 9.17) is 0 Å². The lowest BCUT2D eigenvalue weighted by Gasteiger charge is -2.20. The van der Waals surface area contributed by atoms with E-state index < -0.39 is 15.1 Å². The summed E-state index contributed by atoms with van der Waals surface area (Å²) in [5, 5.41) is 1.94. The molecule has 0 aromatic heterocycles. The maximum Gasteiger partial charge on any atom is 0.238 e. The fourth-order valence-electron chi connectivity index (χ4n) is 3.36. The standard InChI is InChI=1S/C21H33NO3S/c1-16(20(23)22-19-9-7-5-6-8-10-19)26(24,25)15-17-11-13-18(14-12-17)21(2,3)4/h11-14,16,19H,5-10,15H2,1-4H3,(H,22,23). The smallest absolute Gasteiger partial charge is 0.238 e. The van der Waals surface area contributed by atoms with Gasteiger partial charge in [0.15, 0.2) is 9.84 Å². The molecule has 1 fully saturated rings. The van der Waals surface area contributed by atoms with E-state index in [1.54, 1.807) is 0 Å². The molecular formula is C21H33NO3S. The Morgan fingerprint density at radius 3 is 2.12 bits per heavy atom. The van der Waals surface area contributed by atoms with Crippen LogP contribution in [0.3, 0.4) is 0 Å². The van der Waals surface area contributed by atoms with Gasteiger partial charge in [-0.05, 0) is 36.3 Å². The van der Waals surface area contributed by atoms with E-state index in [1.165, 1.54) is 19.8 Å². The molecule has 0 spiro atoms. The van der Waals surface area contributed by atoms with Crippen LogP contribution in [0.15, 0.2) is 24.3 Å². The number of carbonyl (C=O) groups is 1. The van der Waals surface area contributed by atoms with Gasteiger partial charge in [0.05, 0.1) is 5.75 Å². The quantitative estimate of drug-likeness (QED) is 0.783. The summed E-state index contributed by atoms with van der Waals surface area (Å²) in [4.78, 5) is 12.5. The van der Waals surface area contributed by atoms with Crippen molar-refractivity contribution in [3.63, 3.8) is 0 Å². The van der Waals surface area contributed by atoms with Crippen LogP contribution in [-0.4, -0.2) is 25.6 Å². The van der Waals surface area contributed by atoms with E-state index in [0.29, 0.717) is 0 Å². The minimum absolute atomic E-state index is 0.0310. The average Bonchev–Trinajstić information content (AvgIpc) is 2.82. The number of hydrogen-bond acceptors (Lipinski definition) is 3. The Bertz CT molecular complexity index is 694. The molecule has 1 atom stereocenters. The Balaban J connectivity index is 2.00. The first-order valence-corrected chi connectivity index (χ1v) is 11.4. The molecule has 26 heavy (non-hydrogen) atoms. The van der Waals surface area contributed by atoms with Crippen molar-refractivity contribution in [2.24, 2.45) is 0 Å². The molecule has 1 unspecified atom stereocenters. The highest BCUT2D eigenvalue weighted by Gasteiger charge is 2.29. The Hall–Kier alpha value is -1.36. The monoisotopic (exact) mass is 379 g/mol. The molecule has 5 heteroatoms. The number of rotatable bonds is 5. The predicted octanol–water partition coefficient (Wildman–Crippen LogP) is 4.13. The molecule has 1 aliphatic rings. The summed E-state index contributed by atoms with van der Waals surface area (Å²) in [5.74, 6) is -0.459. The van der Waals surface area contributed by atoms with Gasteiger partial charge in [-0.25, -0.2) is 8.42 Å². The zero-order valence-corrected chi connectivity index (χ0v) is 17.4. The van der Waals surface area contributed by atoms with Crippen LogP contribution in [0.2, 0.25) is 0 Å². The second kappa shape index (κ2) is 8.55. The molecule has 0 radical (unpaired) electrons. The number of hydrogen-bond donors (Lipinski definition) is 1. The van der Waals surface area contributed by atoms with Crippen LogP contribution >= 0.6 is 0 Å². The molecule has 4 nitrogen and oxygen atoms in total. The van der Waals surface area contributed by atoms with Gasteiger partial charge in [0.1, 0.15) is 5.25 Å². The van der Waals surface area contributed by atoms with Crippen LogP contribution in [0, 0.1) is 0 Å². The fourth-order valence-corrected chi connectivity index (χ4v) is 4.66. The Labute approximate surface area is 158 Å². The zero-order valence-electron chi connectivity index (χ0n) is 16.5. The number of amides is 1. The van der Waals surface area contributed by atoms with Crippen molar-refractivity contribution < 1.29 is 13.2 Å². The summed E-state index contributed by atoms with van der Waals surface area (Å²) in [6.07, 6.45) is 6.51. The maximum atomic E-state index is 12.7. The highest BCUT2D eigenvalue weighted by Crippen LogP contribution is 2.23. The third kappa shape index (κ3) is 5.83. The van der Waals surface area contributed by atoms with Crippen molar-refractivity contribution in [1.82, 2.24) is 5.32 Å². The van der Waals surface area contributed by atoms with Crippen molar-refractivity contribution in [2.75, 3.05) is 0 Å². The number of benzene rings is 1. The predicted molar refractivity (Wildman–Crippen MR) is 107 cm³/mol. The third-order valence-electron chi connectivity index (χ3n) is 5.30. The molecule has 1 N–H and O–H groups in total. The molecule has 1 amide bonds. The molecule has 1 aromatic carbocycles. The molecular weight excluding hydrogens is 346 g/mol. The van der Waals surface area contributed by atoms with Crippen molar-refractivity contribution in [3.8, 4) is 0 Å². The van der Waals surface area contributed by atoms with Crippen LogP contribution in [0.4, 0.5) is 0 Å². The van der Waals surface area contributed by atoms with Crippen LogP contribution in [0.5, 0.6) is 0 Å². The molecule has 0 saturated heterocycles. The van der Waals surface area contributed by atoms with Crippen LogP contribution in [0.1, 0.15) is 77.3 Å². The van der Waals surface area contributed by atoms with E-state index in [2.05, 4.69) is 26.1 Å². The molecule has 2 rings (SSSR count). The summed E-state index contributed by atoms with van der Waals surface area (Å²) in [6.45, 7) is 7.88. The second-order valence-electron chi connectivity index (χ2n) is 8.59. The number of nitrogens with one attached hydrogen (secondary N) is 1. The topological polar surface area (TPSA) is 63.2 Å². The first-order valence-electron chi connectivity index (χ1n) is 9.71. The number of carbonyl (C=O) groups excluding carboxylic acids is 1. The molecule has 0 heterocycles. The highest BCUT2D eigenvalue weighted by molar-refractivity contribution is 7.92. The molecule has 1 aliphatic carbocycles. The summed E-state index contributed by atoms with van der Waals surface area (Å²) < 4.78 is 25.3. The summed E-state index contributed by atoms with van der Waals surface area (Å²) in [7, 11) is -3.53. The van der Waals surface area contributed by atoms with Crippen LogP contribution in [-0.2, 0) is 25.8 Å². The van der Waals surface area contributed by atoms with Crippen molar-refractivity contribution >= 4 is 15.7 Å². The van der Waals surface area contributed by atoms with E-state index in [9.17, 15) is 13.2 Å². The lowest BCUT2D eigenvalue weighted by molar-refractivity contribution is -0.121. The van der Waals surface area contributed by atoms with Gasteiger partial charge in [0, 0.05) is 6.04 Å². The van der Waals surface area contributed by atoms with Crippen molar-refractivity contribution in [2.45, 2.75) is 88.7 Å². The molecule has 1 aromatic rings. The van der Waals surface area contributed by atoms with Crippen LogP contribution < -0.4 is 5.32 Å². The Kier molecular flexibility index (Phi) is 6.89. The van der Waals surface area contributed by atoms with Gasteiger partial charge in [0.2, 0.25) is 5.91 Å². The lowest BCUT2D eigenvalue weighted by atomic mass is 9.87. The van der Waals surface area contributed by atoms with Gasteiger partial charge in [-0.2, -0.15) is 0 Å². The molecule has 146 valence electrons.